The van der Waals surface area contributed by atoms with Crippen LogP contribution in [0.4, 0.5) is 0 Å². The number of carbonyl (C=O) groups excluding carboxylic acids is 1. The van der Waals surface area contributed by atoms with E-state index in [0.717, 1.165) is 18.6 Å². The highest BCUT2D eigenvalue weighted by Gasteiger charge is 2.33. The third kappa shape index (κ3) is 3.89. The molecule has 0 saturated heterocycles. The first-order valence-electron chi connectivity index (χ1n) is 5.36. The van der Waals surface area contributed by atoms with Crippen molar-refractivity contribution in [2.75, 3.05) is 11.5 Å². The minimum Gasteiger partial charge on any atom is -0.481 e. The van der Waals surface area contributed by atoms with Crippen LogP contribution in [0.2, 0.25) is 0 Å². The van der Waals surface area contributed by atoms with Gasteiger partial charge in [-0.3, -0.25) is 9.59 Å². The largest absolute Gasteiger partial charge is 0.481 e. The Labute approximate surface area is 99.5 Å². The predicted octanol–water partition coefficient (Wildman–Crippen LogP) is 1.28. The first kappa shape index (κ1) is 13.1. The molecule has 0 radical (unpaired) electrons. The number of amides is 1. The van der Waals surface area contributed by atoms with Gasteiger partial charge in [0.25, 0.3) is 0 Å². The van der Waals surface area contributed by atoms with Crippen molar-refractivity contribution in [3.63, 3.8) is 0 Å². The Morgan fingerprint density at radius 1 is 1.50 bits per heavy atom. The average molecular weight is 243 g/mol. The van der Waals surface area contributed by atoms with Gasteiger partial charge in [0.1, 0.15) is 0 Å². The fraction of sp³-hybridized carbons (Fsp3) is 0.636. The lowest BCUT2D eigenvalue weighted by Gasteiger charge is -2.17. The maximum atomic E-state index is 11.5. The van der Waals surface area contributed by atoms with Gasteiger partial charge in [0, 0.05) is 11.8 Å². The fourth-order valence-corrected chi connectivity index (χ4v) is 2.47. The normalized spacial score (nSPS) is 24.0. The molecule has 5 heteroatoms. The number of rotatable bonds is 6. The summed E-state index contributed by atoms with van der Waals surface area (Å²) in [7, 11) is 0. The van der Waals surface area contributed by atoms with Crippen LogP contribution < -0.4 is 5.32 Å². The Morgan fingerprint density at radius 3 is 2.88 bits per heavy atom. The van der Waals surface area contributed by atoms with Gasteiger partial charge in [0.15, 0.2) is 0 Å². The van der Waals surface area contributed by atoms with Crippen LogP contribution in [0, 0.1) is 5.92 Å². The van der Waals surface area contributed by atoms with Crippen LogP contribution in [0.15, 0.2) is 12.7 Å². The quantitative estimate of drug-likeness (QED) is 0.544. The number of carboxylic acids is 1. The Kier molecular flexibility index (Phi) is 5.38. The number of hydrogen-bond acceptors (Lipinski definition) is 3. The van der Waals surface area contributed by atoms with Gasteiger partial charge in [-0.05, 0) is 12.8 Å². The number of aliphatic carboxylic acids is 1. The standard InChI is InChI=1S/C11H17NO3S/c1-2-6-16-7-10(13)12-9-5-3-4-8(9)11(14)15/h2,8-9H,1,3-7H2,(H,12,13)(H,14,15). The zero-order chi connectivity index (χ0) is 12.0. The zero-order valence-electron chi connectivity index (χ0n) is 9.15. The molecular formula is C11H17NO3S. The summed E-state index contributed by atoms with van der Waals surface area (Å²) < 4.78 is 0. The third-order valence-electron chi connectivity index (χ3n) is 2.65. The summed E-state index contributed by atoms with van der Waals surface area (Å²) in [5.74, 6) is -0.185. The molecule has 1 aliphatic rings. The molecule has 1 saturated carbocycles. The smallest absolute Gasteiger partial charge is 0.308 e. The molecular weight excluding hydrogens is 226 g/mol. The number of carbonyl (C=O) groups is 2. The summed E-state index contributed by atoms with van der Waals surface area (Å²) in [6.45, 7) is 3.57. The highest BCUT2D eigenvalue weighted by molar-refractivity contribution is 8.00. The fourth-order valence-electron chi connectivity index (χ4n) is 1.91. The minimum absolute atomic E-state index is 0.0787. The molecule has 0 aromatic rings. The molecule has 0 bridgehead atoms. The maximum Gasteiger partial charge on any atom is 0.308 e. The lowest BCUT2D eigenvalue weighted by Crippen LogP contribution is -2.41. The summed E-state index contributed by atoms with van der Waals surface area (Å²) in [5.41, 5.74) is 0. The molecule has 0 aliphatic heterocycles. The average Bonchev–Trinajstić information content (AvgIpc) is 2.66. The third-order valence-corrected chi connectivity index (χ3v) is 3.59. The van der Waals surface area contributed by atoms with Crippen molar-refractivity contribution in [1.82, 2.24) is 5.32 Å². The lowest BCUT2D eigenvalue weighted by molar-refractivity contribution is -0.142. The Morgan fingerprint density at radius 2 is 2.25 bits per heavy atom. The summed E-state index contributed by atoms with van der Waals surface area (Å²) >= 11 is 1.48. The van der Waals surface area contributed by atoms with Gasteiger partial charge in [0.2, 0.25) is 5.91 Å². The number of nitrogens with one attached hydrogen (secondary N) is 1. The minimum atomic E-state index is -0.804. The maximum absolute atomic E-state index is 11.5. The van der Waals surface area contributed by atoms with Crippen molar-refractivity contribution < 1.29 is 14.7 Å². The molecule has 2 atom stereocenters. The van der Waals surface area contributed by atoms with Crippen molar-refractivity contribution in [1.29, 1.82) is 0 Å². The van der Waals surface area contributed by atoms with Gasteiger partial charge in [-0.2, -0.15) is 0 Å². The Balaban J connectivity index is 2.32. The molecule has 0 spiro atoms. The van der Waals surface area contributed by atoms with Crippen molar-refractivity contribution in [2.45, 2.75) is 25.3 Å². The van der Waals surface area contributed by atoms with E-state index in [1.807, 2.05) is 0 Å². The highest BCUT2D eigenvalue weighted by Crippen LogP contribution is 2.25. The van der Waals surface area contributed by atoms with Crippen molar-refractivity contribution in [2.24, 2.45) is 5.92 Å². The molecule has 90 valence electrons. The van der Waals surface area contributed by atoms with Gasteiger partial charge in [-0.1, -0.05) is 12.5 Å². The van der Waals surface area contributed by atoms with E-state index in [1.54, 1.807) is 6.08 Å². The topological polar surface area (TPSA) is 66.4 Å². The molecule has 0 aromatic heterocycles. The van der Waals surface area contributed by atoms with Crippen LogP contribution in [0.3, 0.4) is 0 Å². The summed E-state index contributed by atoms with van der Waals surface area (Å²) in [5, 5.41) is 11.7. The molecule has 16 heavy (non-hydrogen) atoms. The van der Waals surface area contributed by atoms with Crippen molar-refractivity contribution in [3.05, 3.63) is 12.7 Å². The lowest BCUT2D eigenvalue weighted by atomic mass is 10.0. The zero-order valence-corrected chi connectivity index (χ0v) is 9.96. The Bertz CT molecular complexity index is 280. The molecule has 1 aliphatic carbocycles. The van der Waals surface area contributed by atoms with Crippen LogP contribution in [-0.2, 0) is 9.59 Å². The number of hydrogen-bond donors (Lipinski definition) is 2. The molecule has 1 fully saturated rings. The Hall–Kier alpha value is -0.970. The van der Waals surface area contributed by atoms with E-state index >= 15 is 0 Å². The van der Waals surface area contributed by atoms with E-state index in [-0.39, 0.29) is 11.9 Å². The van der Waals surface area contributed by atoms with Crippen LogP contribution in [0.5, 0.6) is 0 Å². The van der Waals surface area contributed by atoms with Gasteiger partial charge < -0.3 is 10.4 Å². The molecule has 1 amide bonds. The second-order valence-electron chi connectivity index (χ2n) is 3.85. The van der Waals surface area contributed by atoms with Crippen molar-refractivity contribution in [3.8, 4) is 0 Å². The van der Waals surface area contributed by atoms with Crippen molar-refractivity contribution >= 4 is 23.6 Å². The van der Waals surface area contributed by atoms with Crippen LogP contribution in [0.25, 0.3) is 0 Å². The van der Waals surface area contributed by atoms with Gasteiger partial charge in [-0.25, -0.2) is 0 Å². The van der Waals surface area contributed by atoms with E-state index in [1.165, 1.54) is 11.8 Å². The van der Waals surface area contributed by atoms with Gasteiger partial charge >= 0.3 is 5.97 Å². The van der Waals surface area contributed by atoms with Crippen LogP contribution >= 0.6 is 11.8 Å². The van der Waals surface area contributed by atoms with E-state index in [4.69, 9.17) is 5.11 Å². The second-order valence-corrected chi connectivity index (χ2v) is 4.88. The summed E-state index contributed by atoms with van der Waals surface area (Å²) in [6.07, 6.45) is 4.06. The predicted molar refractivity (Wildman–Crippen MR) is 64.4 cm³/mol. The SMILES string of the molecule is C=CCSCC(=O)NC1CCCC1C(=O)O. The van der Waals surface area contributed by atoms with E-state index in [2.05, 4.69) is 11.9 Å². The summed E-state index contributed by atoms with van der Waals surface area (Å²) in [6, 6.07) is -0.186. The molecule has 2 unspecified atom stereocenters. The van der Waals surface area contributed by atoms with Gasteiger partial charge in [-0.15, -0.1) is 18.3 Å². The number of thioether (sulfide) groups is 1. The van der Waals surface area contributed by atoms with Crippen LogP contribution in [0.1, 0.15) is 19.3 Å². The second kappa shape index (κ2) is 6.58. The van der Waals surface area contributed by atoms with E-state index < -0.39 is 11.9 Å². The van der Waals surface area contributed by atoms with E-state index in [9.17, 15) is 9.59 Å². The molecule has 0 aromatic carbocycles. The van der Waals surface area contributed by atoms with Crippen LogP contribution in [-0.4, -0.2) is 34.5 Å². The molecule has 4 nitrogen and oxygen atoms in total. The molecule has 1 rings (SSSR count). The first-order valence-corrected chi connectivity index (χ1v) is 6.51. The number of carboxylic acid groups (broad SMARTS) is 1. The molecule has 2 N–H and O–H groups in total. The van der Waals surface area contributed by atoms with Gasteiger partial charge in [0.05, 0.1) is 11.7 Å². The molecule has 0 heterocycles. The summed E-state index contributed by atoms with van der Waals surface area (Å²) in [4.78, 5) is 22.4. The monoisotopic (exact) mass is 243 g/mol. The first-order chi connectivity index (χ1) is 7.65. The van der Waals surface area contributed by atoms with E-state index in [0.29, 0.717) is 12.2 Å². The highest BCUT2D eigenvalue weighted by atomic mass is 32.2.